The fourth-order valence-corrected chi connectivity index (χ4v) is 8.70. The molecule has 0 aliphatic heterocycles. The normalized spacial score (nSPS) is 11.8. The van der Waals surface area contributed by atoms with E-state index in [-0.39, 0.29) is 0 Å². The third-order valence-corrected chi connectivity index (χ3v) is 11.6. The first kappa shape index (κ1) is 32.4. The van der Waals surface area contributed by atoms with Crippen LogP contribution in [0, 0.1) is 0 Å². The minimum atomic E-state index is 0.892. The maximum absolute atomic E-state index is 5.36. The highest BCUT2D eigenvalue weighted by Gasteiger charge is 2.15. The van der Waals surface area contributed by atoms with Crippen LogP contribution in [0.3, 0.4) is 0 Å². The average molecular weight is 737 g/mol. The summed E-state index contributed by atoms with van der Waals surface area (Å²) in [5.41, 5.74) is 11.6. The second-order valence-corrected chi connectivity index (χ2v) is 15.0. The van der Waals surface area contributed by atoms with Gasteiger partial charge < -0.3 is 0 Å². The molecule has 0 aliphatic rings. The van der Waals surface area contributed by atoms with Gasteiger partial charge in [-0.3, -0.25) is 0 Å². The van der Waals surface area contributed by atoms with E-state index in [1.54, 1.807) is 0 Å². The van der Waals surface area contributed by atoms with Gasteiger partial charge in [-0.05, 0) is 62.6 Å². The lowest BCUT2D eigenvalue weighted by molar-refractivity contribution is 1.37. The zero-order chi connectivity index (χ0) is 38.2. The van der Waals surface area contributed by atoms with Gasteiger partial charge in [-0.15, -0.1) is 0 Å². The SMILES string of the molecule is c1ccc2c(-c3ccc4ccc5ccc(-c6ccc7cccc(-c8ccc9ccc%10ccc(-c%11cccc%12ccccc%11%12)nc%10c9n8)c7c6)nc5c4n3)cccc2c1. The van der Waals surface area contributed by atoms with E-state index in [0.717, 1.165) is 99.4 Å². The molecule has 0 bridgehead atoms. The van der Waals surface area contributed by atoms with Crippen LogP contribution in [0.1, 0.15) is 0 Å². The van der Waals surface area contributed by atoms with Crippen molar-refractivity contribution in [3.8, 4) is 45.0 Å². The molecule has 0 aliphatic carbocycles. The molecule has 0 saturated carbocycles. The van der Waals surface area contributed by atoms with Crippen LogP contribution >= 0.6 is 0 Å². The second-order valence-electron chi connectivity index (χ2n) is 15.0. The van der Waals surface area contributed by atoms with Gasteiger partial charge in [0.2, 0.25) is 0 Å². The third kappa shape index (κ3) is 5.23. The molecule has 4 aromatic heterocycles. The first-order chi connectivity index (χ1) is 28.7. The summed E-state index contributed by atoms with van der Waals surface area (Å²) in [5, 5.41) is 11.3. The summed E-state index contributed by atoms with van der Waals surface area (Å²) >= 11 is 0. The number of hydrogen-bond donors (Lipinski definition) is 0. The van der Waals surface area contributed by atoms with Crippen molar-refractivity contribution >= 4 is 75.9 Å². The van der Waals surface area contributed by atoms with Crippen molar-refractivity contribution in [1.29, 1.82) is 0 Å². The van der Waals surface area contributed by atoms with E-state index in [2.05, 4.69) is 194 Å². The molecule has 12 rings (SSSR count). The van der Waals surface area contributed by atoms with E-state index < -0.39 is 0 Å². The van der Waals surface area contributed by atoms with Crippen molar-refractivity contribution in [2.45, 2.75) is 0 Å². The Morgan fingerprint density at radius 3 is 1.02 bits per heavy atom. The van der Waals surface area contributed by atoms with Crippen molar-refractivity contribution in [1.82, 2.24) is 19.9 Å². The molecule has 58 heavy (non-hydrogen) atoms. The van der Waals surface area contributed by atoms with Crippen molar-refractivity contribution in [2.75, 3.05) is 0 Å². The topological polar surface area (TPSA) is 51.6 Å². The second kappa shape index (κ2) is 12.9. The molecule has 12 aromatic rings. The van der Waals surface area contributed by atoms with Crippen LogP contribution in [0.4, 0.5) is 0 Å². The Hall–Kier alpha value is -7.82. The Morgan fingerprint density at radius 2 is 0.552 bits per heavy atom. The highest BCUT2D eigenvalue weighted by atomic mass is 14.8. The molecule has 0 unspecified atom stereocenters. The van der Waals surface area contributed by atoms with Crippen LogP contribution in [0.25, 0.3) is 121 Å². The van der Waals surface area contributed by atoms with Crippen LogP contribution in [-0.2, 0) is 0 Å². The van der Waals surface area contributed by atoms with Crippen LogP contribution in [0.2, 0.25) is 0 Å². The minimum Gasteiger partial charge on any atom is -0.245 e. The van der Waals surface area contributed by atoms with Crippen LogP contribution < -0.4 is 0 Å². The number of benzene rings is 8. The van der Waals surface area contributed by atoms with Gasteiger partial charge in [-0.2, -0.15) is 0 Å². The van der Waals surface area contributed by atoms with Gasteiger partial charge in [-0.1, -0.05) is 164 Å². The van der Waals surface area contributed by atoms with Crippen molar-refractivity contribution in [2.24, 2.45) is 0 Å². The highest BCUT2D eigenvalue weighted by Crippen LogP contribution is 2.36. The van der Waals surface area contributed by atoms with Gasteiger partial charge >= 0.3 is 0 Å². The fraction of sp³-hybridized carbons (Fsp3) is 0. The Bertz CT molecular complexity index is 3630. The van der Waals surface area contributed by atoms with Crippen LogP contribution in [0.5, 0.6) is 0 Å². The van der Waals surface area contributed by atoms with E-state index in [1.807, 2.05) is 0 Å². The summed E-state index contributed by atoms with van der Waals surface area (Å²) in [5.74, 6) is 0. The van der Waals surface area contributed by atoms with Crippen LogP contribution in [0.15, 0.2) is 194 Å². The lowest BCUT2D eigenvalue weighted by atomic mass is 9.97. The molecule has 4 nitrogen and oxygen atoms in total. The molecule has 0 spiro atoms. The van der Waals surface area contributed by atoms with Gasteiger partial charge in [-0.25, -0.2) is 19.9 Å². The largest absolute Gasteiger partial charge is 0.245 e. The van der Waals surface area contributed by atoms with Crippen molar-refractivity contribution in [3.63, 3.8) is 0 Å². The lowest BCUT2D eigenvalue weighted by Crippen LogP contribution is -1.93. The molecule has 4 heterocycles. The van der Waals surface area contributed by atoms with Gasteiger partial charge in [0.25, 0.3) is 0 Å². The Balaban J connectivity index is 0.985. The maximum Gasteiger partial charge on any atom is 0.0972 e. The van der Waals surface area contributed by atoms with E-state index >= 15 is 0 Å². The molecule has 0 amide bonds. The number of hydrogen-bond acceptors (Lipinski definition) is 4. The first-order valence-electron chi connectivity index (χ1n) is 19.6. The predicted molar refractivity (Wildman–Crippen MR) is 242 cm³/mol. The minimum absolute atomic E-state index is 0.892. The number of pyridine rings is 4. The quantitative estimate of drug-likeness (QED) is 0.169. The molecule has 268 valence electrons. The summed E-state index contributed by atoms with van der Waals surface area (Å²) < 4.78 is 0. The predicted octanol–water partition coefficient (Wildman–Crippen LogP) is 14.0. The van der Waals surface area contributed by atoms with Crippen molar-refractivity contribution < 1.29 is 0 Å². The highest BCUT2D eigenvalue weighted by molar-refractivity contribution is 6.08. The van der Waals surface area contributed by atoms with E-state index in [0.29, 0.717) is 0 Å². The summed E-state index contributed by atoms with van der Waals surface area (Å²) in [6.45, 7) is 0. The molecular formula is C54H32N4. The Morgan fingerprint density at radius 1 is 0.224 bits per heavy atom. The maximum atomic E-state index is 5.36. The summed E-state index contributed by atoms with van der Waals surface area (Å²) in [6.07, 6.45) is 0. The molecule has 0 saturated heterocycles. The smallest absolute Gasteiger partial charge is 0.0972 e. The first-order valence-corrected chi connectivity index (χ1v) is 19.6. The molecular weight excluding hydrogens is 705 g/mol. The third-order valence-electron chi connectivity index (χ3n) is 11.6. The standard InChI is InChI=1S/C54H32N4/c1-3-13-41-33(8-1)10-5-15-43(41)48-29-25-37-20-19-36-24-28-47(55-51(36)52(37)56-48)40-23-18-35-12-7-17-45(46(35)32-40)50-31-27-39-22-21-38-26-30-49(57-53(38)54(39)58-50)44-16-6-11-34-9-2-4-14-42(34)44/h1-32H. The van der Waals surface area contributed by atoms with Crippen LogP contribution in [-0.4, -0.2) is 19.9 Å². The zero-order valence-corrected chi connectivity index (χ0v) is 31.3. The number of rotatable bonds is 4. The lowest BCUT2D eigenvalue weighted by Gasteiger charge is -2.12. The van der Waals surface area contributed by atoms with Gasteiger partial charge in [0.15, 0.2) is 0 Å². The summed E-state index contributed by atoms with van der Waals surface area (Å²) in [4.78, 5) is 21.2. The molecule has 8 aromatic carbocycles. The average Bonchev–Trinajstić information content (AvgIpc) is 3.30. The van der Waals surface area contributed by atoms with Crippen molar-refractivity contribution in [3.05, 3.63) is 194 Å². The van der Waals surface area contributed by atoms with Gasteiger partial charge in [0.1, 0.15) is 0 Å². The van der Waals surface area contributed by atoms with E-state index in [1.165, 1.54) is 21.5 Å². The monoisotopic (exact) mass is 736 g/mol. The number of nitrogens with zero attached hydrogens (tertiary/aromatic N) is 4. The molecule has 0 fully saturated rings. The fourth-order valence-electron chi connectivity index (χ4n) is 8.70. The summed E-state index contributed by atoms with van der Waals surface area (Å²) in [7, 11) is 0. The van der Waals surface area contributed by atoms with E-state index in [9.17, 15) is 0 Å². The Labute approximate surface area is 333 Å². The number of aromatic nitrogens is 4. The van der Waals surface area contributed by atoms with Gasteiger partial charge in [0.05, 0.1) is 44.8 Å². The molecule has 0 radical (unpaired) electrons. The molecule has 4 heteroatoms. The molecule has 0 N–H and O–H groups in total. The Kier molecular flexibility index (Phi) is 7.20. The summed E-state index contributed by atoms with van der Waals surface area (Å²) in [6, 6.07) is 68.5. The van der Waals surface area contributed by atoms with Gasteiger partial charge in [0, 0.05) is 43.8 Å². The zero-order valence-electron chi connectivity index (χ0n) is 31.3. The van der Waals surface area contributed by atoms with E-state index in [4.69, 9.17) is 19.9 Å². The number of fused-ring (bicyclic) bond motifs is 9. The molecule has 0 atom stereocenters.